The van der Waals surface area contributed by atoms with Gasteiger partial charge < -0.3 is 5.73 Å². The van der Waals surface area contributed by atoms with Crippen LogP contribution >= 0.6 is 0 Å². The Hall–Kier alpha value is -0.900. The minimum Gasteiger partial charge on any atom is -0.327 e. The van der Waals surface area contributed by atoms with Crippen LogP contribution in [0.1, 0.15) is 64.7 Å². The first kappa shape index (κ1) is 12.6. The summed E-state index contributed by atoms with van der Waals surface area (Å²) in [6, 6.07) is 0.578. The average molecular weight is 236 g/mol. The molecule has 1 aromatic heterocycles. The lowest BCUT2D eigenvalue weighted by Crippen LogP contribution is -2.39. The van der Waals surface area contributed by atoms with Crippen molar-refractivity contribution in [2.45, 2.75) is 65.0 Å². The van der Waals surface area contributed by atoms with E-state index < -0.39 is 0 Å². The maximum Gasteiger partial charge on any atom is 0.138 e. The van der Waals surface area contributed by atoms with Crippen molar-refractivity contribution in [2.24, 2.45) is 11.1 Å². The van der Waals surface area contributed by atoms with Crippen LogP contribution in [-0.4, -0.2) is 20.8 Å². The Kier molecular flexibility index (Phi) is 3.25. The monoisotopic (exact) mass is 236 g/mol. The molecule has 1 heterocycles. The summed E-state index contributed by atoms with van der Waals surface area (Å²) >= 11 is 0. The van der Waals surface area contributed by atoms with Gasteiger partial charge in [-0.25, -0.2) is 9.67 Å². The van der Waals surface area contributed by atoms with Crippen LogP contribution in [-0.2, 0) is 0 Å². The molecule has 4 nitrogen and oxygen atoms in total. The first-order valence-electron chi connectivity index (χ1n) is 6.56. The molecule has 0 spiro atoms. The third-order valence-corrected chi connectivity index (χ3v) is 3.87. The largest absolute Gasteiger partial charge is 0.327 e. The van der Waals surface area contributed by atoms with Gasteiger partial charge in [-0.3, -0.25) is 0 Å². The minimum absolute atomic E-state index is 0.227. The third kappa shape index (κ3) is 2.51. The third-order valence-electron chi connectivity index (χ3n) is 3.87. The van der Waals surface area contributed by atoms with Gasteiger partial charge in [0.1, 0.15) is 12.2 Å². The highest BCUT2D eigenvalue weighted by Crippen LogP contribution is 2.42. The molecule has 4 heteroatoms. The van der Waals surface area contributed by atoms with Crippen molar-refractivity contribution in [3.05, 3.63) is 12.2 Å². The number of aromatic nitrogens is 3. The summed E-state index contributed by atoms with van der Waals surface area (Å²) in [5.41, 5.74) is 6.65. The molecule has 1 aliphatic rings. The lowest BCUT2D eigenvalue weighted by molar-refractivity contribution is 0.189. The van der Waals surface area contributed by atoms with Crippen molar-refractivity contribution in [3.8, 4) is 0 Å². The van der Waals surface area contributed by atoms with E-state index in [0.29, 0.717) is 17.4 Å². The maximum atomic E-state index is 6.28. The fraction of sp³-hybridized carbons (Fsp3) is 0.846. The van der Waals surface area contributed by atoms with Crippen LogP contribution in [0.4, 0.5) is 0 Å². The summed E-state index contributed by atoms with van der Waals surface area (Å²) < 4.78 is 2.02. The zero-order chi connectivity index (χ0) is 12.6. The van der Waals surface area contributed by atoms with Gasteiger partial charge in [0.05, 0.1) is 0 Å². The molecule has 2 N–H and O–H groups in total. The molecule has 1 saturated carbocycles. The Balaban J connectivity index is 2.28. The molecule has 1 fully saturated rings. The number of hydrogen-bond acceptors (Lipinski definition) is 3. The minimum atomic E-state index is 0.227. The number of rotatable bonds is 2. The van der Waals surface area contributed by atoms with E-state index in [0.717, 1.165) is 18.7 Å². The van der Waals surface area contributed by atoms with Crippen LogP contribution in [0.3, 0.4) is 0 Å². The molecule has 2 atom stereocenters. The van der Waals surface area contributed by atoms with Crippen molar-refractivity contribution in [3.63, 3.8) is 0 Å². The van der Waals surface area contributed by atoms with E-state index in [9.17, 15) is 0 Å². The summed E-state index contributed by atoms with van der Waals surface area (Å²) in [6.45, 7) is 8.92. The van der Waals surface area contributed by atoms with Gasteiger partial charge in [0, 0.05) is 18.0 Å². The van der Waals surface area contributed by atoms with Crippen molar-refractivity contribution in [2.75, 3.05) is 0 Å². The Morgan fingerprint density at radius 2 is 2.18 bits per heavy atom. The highest BCUT2D eigenvalue weighted by atomic mass is 15.3. The van der Waals surface area contributed by atoms with E-state index in [-0.39, 0.29) is 6.04 Å². The van der Waals surface area contributed by atoms with E-state index >= 15 is 0 Å². The first-order valence-corrected chi connectivity index (χ1v) is 6.56. The van der Waals surface area contributed by atoms with Crippen molar-refractivity contribution in [1.29, 1.82) is 0 Å². The summed E-state index contributed by atoms with van der Waals surface area (Å²) in [7, 11) is 0. The first-order chi connectivity index (χ1) is 7.91. The summed E-state index contributed by atoms with van der Waals surface area (Å²) in [5, 5.41) is 4.32. The van der Waals surface area contributed by atoms with Crippen molar-refractivity contribution >= 4 is 0 Å². The Morgan fingerprint density at radius 3 is 2.82 bits per heavy atom. The quantitative estimate of drug-likeness (QED) is 0.858. The zero-order valence-electron chi connectivity index (χ0n) is 11.3. The standard InChI is InChI=1S/C13H24N4/c1-9(2)17-12(15-8-16-17)10-7-13(3,4)6-5-11(10)14/h8-11H,5-7,14H2,1-4H3. The van der Waals surface area contributed by atoms with Crippen LogP contribution in [0.25, 0.3) is 0 Å². The summed E-state index contributed by atoms with van der Waals surface area (Å²) in [6.07, 6.45) is 5.06. The molecule has 96 valence electrons. The second-order valence-corrected chi connectivity index (χ2v) is 6.33. The van der Waals surface area contributed by atoms with Crippen molar-refractivity contribution in [1.82, 2.24) is 14.8 Å². The number of nitrogens with two attached hydrogens (primary N) is 1. The van der Waals surface area contributed by atoms with Gasteiger partial charge in [0.15, 0.2) is 0 Å². The second-order valence-electron chi connectivity index (χ2n) is 6.33. The van der Waals surface area contributed by atoms with Crippen LogP contribution in [0.2, 0.25) is 0 Å². The fourth-order valence-corrected chi connectivity index (χ4v) is 2.81. The Morgan fingerprint density at radius 1 is 1.47 bits per heavy atom. The molecule has 1 aliphatic carbocycles. The Labute approximate surface area is 104 Å². The lowest BCUT2D eigenvalue weighted by Gasteiger charge is -2.38. The maximum absolute atomic E-state index is 6.28. The van der Waals surface area contributed by atoms with Crippen LogP contribution < -0.4 is 5.73 Å². The predicted octanol–water partition coefficient (Wildman–Crippen LogP) is 2.48. The molecule has 2 unspecified atom stereocenters. The molecule has 0 bridgehead atoms. The van der Waals surface area contributed by atoms with Gasteiger partial charge in [-0.2, -0.15) is 5.10 Å². The van der Waals surface area contributed by atoms with E-state index in [1.54, 1.807) is 6.33 Å². The van der Waals surface area contributed by atoms with E-state index in [1.807, 2.05) is 4.68 Å². The smallest absolute Gasteiger partial charge is 0.138 e. The van der Waals surface area contributed by atoms with Crippen LogP contribution in [0.5, 0.6) is 0 Å². The van der Waals surface area contributed by atoms with Crippen LogP contribution in [0.15, 0.2) is 6.33 Å². The SMILES string of the molecule is CC(C)n1ncnc1C1CC(C)(C)CCC1N. The normalized spacial score (nSPS) is 28.6. The van der Waals surface area contributed by atoms with Gasteiger partial charge in [-0.05, 0) is 38.5 Å². The predicted molar refractivity (Wildman–Crippen MR) is 68.8 cm³/mol. The number of nitrogens with zero attached hydrogens (tertiary/aromatic N) is 3. The molecule has 0 radical (unpaired) electrons. The van der Waals surface area contributed by atoms with Crippen LogP contribution in [0, 0.1) is 5.41 Å². The molecular weight excluding hydrogens is 212 g/mol. The molecular formula is C13H24N4. The lowest BCUT2D eigenvalue weighted by atomic mass is 9.70. The van der Waals surface area contributed by atoms with E-state index in [1.165, 1.54) is 6.42 Å². The van der Waals surface area contributed by atoms with Gasteiger partial charge in [0.25, 0.3) is 0 Å². The Bertz CT molecular complexity index is 381. The van der Waals surface area contributed by atoms with E-state index in [4.69, 9.17) is 5.73 Å². The molecule has 2 rings (SSSR count). The molecule has 17 heavy (non-hydrogen) atoms. The van der Waals surface area contributed by atoms with Gasteiger partial charge in [-0.1, -0.05) is 13.8 Å². The topological polar surface area (TPSA) is 56.7 Å². The van der Waals surface area contributed by atoms with Gasteiger partial charge in [0.2, 0.25) is 0 Å². The molecule has 0 aliphatic heterocycles. The summed E-state index contributed by atoms with van der Waals surface area (Å²) in [5.74, 6) is 1.42. The molecule has 0 amide bonds. The molecule has 1 aromatic rings. The van der Waals surface area contributed by atoms with Crippen molar-refractivity contribution < 1.29 is 0 Å². The molecule has 0 aromatic carbocycles. The van der Waals surface area contributed by atoms with Gasteiger partial charge >= 0.3 is 0 Å². The van der Waals surface area contributed by atoms with Gasteiger partial charge in [-0.15, -0.1) is 0 Å². The number of hydrogen-bond donors (Lipinski definition) is 1. The highest BCUT2D eigenvalue weighted by Gasteiger charge is 2.36. The molecule has 0 saturated heterocycles. The average Bonchev–Trinajstić information content (AvgIpc) is 2.70. The summed E-state index contributed by atoms with van der Waals surface area (Å²) in [4.78, 5) is 4.45. The second kappa shape index (κ2) is 4.41. The fourth-order valence-electron chi connectivity index (χ4n) is 2.81. The zero-order valence-corrected chi connectivity index (χ0v) is 11.3. The highest BCUT2D eigenvalue weighted by molar-refractivity contribution is 5.06. The van der Waals surface area contributed by atoms with E-state index in [2.05, 4.69) is 37.8 Å².